The van der Waals surface area contributed by atoms with Crippen molar-refractivity contribution < 1.29 is 14.1 Å². The summed E-state index contributed by atoms with van der Waals surface area (Å²) in [7, 11) is 0. The average molecular weight is 462 g/mol. The van der Waals surface area contributed by atoms with Crippen molar-refractivity contribution in [3.63, 3.8) is 0 Å². The fourth-order valence-electron chi connectivity index (χ4n) is 3.98. The summed E-state index contributed by atoms with van der Waals surface area (Å²) in [6.45, 7) is 3.69. The van der Waals surface area contributed by atoms with Gasteiger partial charge in [0.15, 0.2) is 0 Å². The Hall–Kier alpha value is -3.72. The Morgan fingerprint density at radius 2 is 2.00 bits per heavy atom. The fraction of sp³-hybridized carbons (Fsp3) is 0.250. The molecule has 0 spiro atoms. The lowest BCUT2D eigenvalue weighted by Crippen LogP contribution is -2.32. The van der Waals surface area contributed by atoms with Gasteiger partial charge < -0.3 is 20.1 Å². The van der Waals surface area contributed by atoms with Gasteiger partial charge >= 0.3 is 6.03 Å². The second-order valence-electron chi connectivity index (χ2n) is 7.99. The summed E-state index contributed by atoms with van der Waals surface area (Å²) in [5, 5.41) is 12.5. The normalized spacial score (nSPS) is 13.4. The molecule has 0 aliphatic carbocycles. The van der Waals surface area contributed by atoms with Crippen molar-refractivity contribution in [2.75, 3.05) is 18.4 Å². The molecule has 1 saturated heterocycles. The first-order valence-electron chi connectivity index (χ1n) is 10.8. The van der Waals surface area contributed by atoms with Crippen LogP contribution in [0.4, 0.5) is 10.5 Å². The third-order valence-electron chi connectivity index (χ3n) is 5.66. The summed E-state index contributed by atoms with van der Waals surface area (Å²) in [6, 6.07) is 13.1. The van der Waals surface area contributed by atoms with Gasteiger partial charge in [-0.3, -0.25) is 4.79 Å². The lowest BCUT2D eigenvalue weighted by atomic mass is 10.1. The number of amides is 3. The molecule has 4 heterocycles. The number of hydrogen-bond acceptors (Lipinski definition) is 6. The largest absolute Gasteiger partial charge is 0.348 e. The third-order valence-corrected chi connectivity index (χ3v) is 6.55. The lowest BCUT2D eigenvalue weighted by Gasteiger charge is -2.16. The number of fused-ring (bicyclic) bond motifs is 1. The molecule has 1 fully saturated rings. The van der Waals surface area contributed by atoms with E-state index < -0.39 is 0 Å². The van der Waals surface area contributed by atoms with Crippen LogP contribution >= 0.6 is 11.3 Å². The van der Waals surface area contributed by atoms with Crippen molar-refractivity contribution >= 4 is 40.1 Å². The van der Waals surface area contributed by atoms with Crippen molar-refractivity contribution in [3.05, 3.63) is 64.7 Å². The Labute approximate surface area is 194 Å². The van der Waals surface area contributed by atoms with Crippen molar-refractivity contribution in [1.29, 1.82) is 0 Å². The minimum Gasteiger partial charge on any atom is -0.348 e. The SMILES string of the molecule is Cc1noc2nc(-c3cccs3)cc(C(=O)NCc3cccc(NC(=O)N4CCCC4)c3)c12. The van der Waals surface area contributed by atoms with E-state index in [4.69, 9.17) is 4.52 Å². The van der Waals surface area contributed by atoms with E-state index in [0.717, 1.165) is 36.4 Å². The first-order valence-corrected chi connectivity index (χ1v) is 11.7. The van der Waals surface area contributed by atoms with Crippen LogP contribution in [0.15, 0.2) is 52.4 Å². The number of benzene rings is 1. The van der Waals surface area contributed by atoms with Gasteiger partial charge in [0, 0.05) is 25.3 Å². The van der Waals surface area contributed by atoms with Crippen LogP contribution in [0.25, 0.3) is 21.7 Å². The van der Waals surface area contributed by atoms with Crippen LogP contribution in [0.2, 0.25) is 0 Å². The number of aromatic nitrogens is 2. The topological polar surface area (TPSA) is 100 Å². The zero-order valence-corrected chi connectivity index (χ0v) is 18.9. The number of hydrogen-bond donors (Lipinski definition) is 2. The van der Waals surface area contributed by atoms with E-state index in [1.807, 2.05) is 46.7 Å². The number of carbonyl (C=O) groups excluding carboxylic acids is 2. The number of likely N-dealkylation sites (tertiary alicyclic amines) is 1. The van der Waals surface area contributed by atoms with Crippen LogP contribution in [0.5, 0.6) is 0 Å². The molecular formula is C24H23N5O3S. The molecule has 1 aromatic carbocycles. The van der Waals surface area contributed by atoms with Gasteiger partial charge in [0.25, 0.3) is 11.6 Å². The molecule has 8 nitrogen and oxygen atoms in total. The molecule has 33 heavy (non-hydrogen) atoms. The van der Waals surface area contributed by atoms with Gasteiger partial charge in [0.1, 0.15) is 0 Å². The van der Waals surface area contributed by atoms with Crippen molar-refractivity contribution in [2.45, 2.75) is 26.3 Å². The van der Waals surface area contributed by atoms with Crippen molar-refractivity contribution in [1.82, 2.24) is 20.4 Å². The van der Waals surface area contributed by atoms with Gasteiger partial charge in [-0.05, 0) is 55.0 Å². The summed E-state index contributed by atoms with van der Waals surface area (Å²) in [4.78, 5) is 32.8. The molecule has 0 saturated carbocycles. The number of nitrogens with one attached hydrogen (secondary N) is 2. The Morgan fingerprint density at radius 1 is 1.15 bits per heavy atom. The fourth-order valence-corrected chi connectivity index (χ4v) is 4.67. The van der Waals surface area contributed by atoms with E-state index in [1.165, 1.54) is 0 Å². The van der Waals surface area contributed by atoms with E-state index >= 15 is 0 Å². The maximum absolute atomic E-state index is 13.2. The average Bonchev–Trinajstić information content (AvgIpc) is 3.59. The summed E-state index contributed by atoms with van der Waals surface area (Å²) >= 11 is 1.54. The molecule has 9 heteroatoms. The number of aryl methyl sites for hydroxylation is 1. The Balaban J connectivity index is 1.33. The van der Waals surface area contributed by atoms with E-state index in [9.17, 15) is 9.59 Å². The Bertz CT molecular complexity index is 1310. The van der Waals surface area contributed by atoms with Crippen LogP contribution in [0.1, 0.15) is 34.5 Å². The second-order valence-corrected chi connectivity index (χ2v) is 8.94. The van der Waals surface area contributed by atoms with Crippen molar-refractivity contribution in [3.8, 4) is 10.6 Å². The van der Waals surface area contributed by atoms with Gasteiger partial charge in [-0.2, -0.15) is 0 Å². The van der Waals surface area contributed by atoms with Crippen LogP contribution in [0.3, 0.4) is 0 Å². The highest BCUT2D eigenvalue weighted by atomic mass is 32.1. The second kappa shape index (κ2) is 9.03. The zero-order valence-electron chi connectivity index (χ0n) is 18.1. The molecule has 0 radical (unpaired) electrons. The summed E-state index contributed by atoms with van der Waals surface area (Å²) in [5.41, 5.74) is 3.70. The molecule has 3 aromatic heterocycles. The van der Waals surface area contributed by atoms with E-state index in [2.05, 4.69) is 20.8 Å². The lowest BCUT2D eigenvalue weighted by molar-refractivity contribution is 0.0952. The highest BCUT2D eigenvalue weighted by Crippen LogP contribution is 2.29. The highest BCUT2D eigenvalue weighted by Gasteiger charge is 2.20. The Morgan fingerprint density at radius 3 is 2.79 bits per heavy atom. The first-order chi connectivity index (χ1) is 16.1. The zero-order chi connectivity index (χ0) is 22.8. The Kier molecular flexibility index (Phi) is 5.78. The predicted octanol–water partition coefficient (Wildman–Crippen LogP) is 4.82. The van der Waals surface area contributed by atoms with Gasteiger partial charge in [-0.15, -0.1) is 11.3 Å². The summed E-state index contributed by atoms with van der Waals surface area (Å²) in [5.74, 6) is -0.238. The number of carbonyl (C=O) groups is 2. The molecular weight excluding hydrogens is 438 g/mol. The van der Waals surface area contributed by atoms with E-state index in [1.54, 1.807) is 24.3 Å². The van der Waals surface area contributed by atoms with Crippen LogP contribution < -0.4 is 10.6 Å². The predicted molar refractivity (Wildman–Crippen MR) is 127 cm³/mol. The quantitative estimate of drug-likeness (QED) is 0.444. The number of pyridine rings is 1. The van der Waals surface area contributed by atoms with E-state index in [-0.39, 0.29) is 11.9 Å². The standard InChI is InChI=1S/C24H23N5O3S/c1-15-21-18(13-19(20-8-5-11-33-20)27-23(21)32-28-15)22(30)25-14-16-6-4-7-17(12-16)26-24(31)29-9-2-3-10-29/h4-8,11-13H,2-3,9-10,14H2,1H3,(H,25,30)(H,26,31). The molecule has 0 unspecified atom stereocenters. The molecule has 4 aromatic rings. The van der Waals surface area contributed by atoms with Crippen LogP contribution in [-0.4, -0.2) is 40.1 Å². The smallest absolute Gasteiger partial charge is 0.321 e. The molecule has 0 atom stereocenters. The number of anilines is 1. The monoisotopic (exact) mass is 461 g/mol. The summed E-state index contributed by atoms with van der Waals surface area (Å²) < 4.78 is 5.36. The minimum absolute atomic E-state index is 0.0862. The molecule has 0 bridgehead atoms. The summed E-state index contributed by atoms with van der Waals surface area (Å²) in [6.07, 6.45) is 2.09. The van der Waals surface area contributed by atoms with Gasteiger partial charge in [0.2, 0.25) is 0 Å². The van der Waals surface area contributed by atoms with E-state index in [0.29, 0.717) is 40.3 Å². The van der Waals surface area contributed by atoms with Crippen molar-refractivity contribution in [2.24, 2.45) is 0 Å². The number of nitrogens with zero attached hydrogens (tertiary/aromatic N) is 3. The molecule has 3 amide bonds. The first kappa shape index (κ1) is 21.1. The number of thiophene rings is 1. The number of urea groups is 1. The van der Waals surface area contributed by atoms with Gasteiger partial charge in [-0.1, -0.05) is 23.4 Å². The molecule has 1 aliphatic rings. The van der Waals surface area contributed by atoms with Gasteiger partial charge in [0.05, 0.1) is 27.2 Å². The van der Waals surface area contributed by atoms with Crippen LogP contribution in [0, 0.1) is 6.92 Å². The molecule has 2 N–H and O–H groups in total. The molecule has 5 rings (SSSR count). The third kappa shape index (κ3) is 4.45. The minimum atomic E-state index is -0.238. The number of rotatable bonds is 5. The maximum Gasteiger partial charge on any atom is 0.321 e. The van der Waals surface area contributed by atoms with Gasteiger partial charge in [-0.25, -0.2) is 9.78 Å². The highest BCUT2D eigenvalue weighted by molar-refractivity contribution is 7.13. The van der Waals surface area contributed by atoms with Crippen LogP contribution in [-0.2, 0) is 6.54 Å². The molecule has 1 aliphatic heterocycles. The molecule has 168 valence electrons. The maximum atomic E-state index is 13.2.